The van der Waals surface area contributed by atoms with Crippen molar-refractivity contribution < 1.29 is 14.1 Å². The van der Waals surface area contributed by atoms with Crippen LogP contribution < -0.4 is 10.6 Å². The van der Waals surface area contributed by atoms with E-state index in [4.69, 9.17) is 4.42 Å². The van der Waals surface area contributed by atoms with Gasteiger partial charge in [-0.25, -0.2) is 0 Å². The van der Waals surface area contributed by atoms with Gasteiger partial charge in [-0.3, -0.25) is 14.9 Å². The second kappa shape index (κ2) is 7.86. The first-order valence-electron chi connectivity index (χ1n) is 6.40. The predicted octanol–water partition coefficient (Wildman–Crippen LogP) is 1.73. The van der Waals surface area contributed by atoms with E-state index in [0.717, 1.165) is 19.5 Å². The first kappa shape index (κ1) is 16.5. The molecule has 1 amide bonds. The van der Waals surface area contributed by atoms with Crippen LogP contribution in [0.5, 0.6) is 0 Å². The highest BCUT2D eigenvalue weighted by molar-refractivity contribution is 5.91. The normalized spacial score (nSPS) is 18.1. The van der Waals surface area contributed by atoms with E-state index < -0.39 is 16.7 Å². The zero-order valence-corrected chi connectivity index (χ0v) is 11.8. The average Bonchev–Trinajstić information content (AvgIpc) is 2.89. The minimum Gasteiger partial charge on any atom is -0.395 e. The number of hydrogen-bond acceptors (Lipinski definition) is 5. The molecular weight excluding hydrogens is 286 g/mol. The second-order valence-electron chi connectivity index (χ2n) is 4.65. The molecule has 7 nitrogen and oxygen atoms in total. The van der Waals surface area contributed by atoms with Gasteiger partial charge in [0.25, 0.3) is 5.91 Å². The highest BCUT2D eigenvalue weighted by atomic mass is 35.5. The van der Waals surface area contributed by atoms with Crippen LogP contribution >= 0.6 is 12.4 Å². The molecule has 1 aromatic heterocycles. The number of furan rings is 1. The van der Waals surface area contributed by atoms with Gasteiger partial charge in [0, 0.05) is 6.54 Å². The first-order valence-corrected chi connectivity index (χ1v) is 6.40. The molecule has 1 aliphatic heterocycles. The number of nitrogens with one attached hydrogen (secondary N) is 2. The lowest BCUT2D eigenvalue weighted by molar-refractivity contribution is -0.402. The van der Waals surface area contributed by atoms with E-state index in [1.54, 1.807) is 0 Å². The molecule has 0 bridgehead atoms. The Kier molecular flexibility index (Phi) is 6.47. The largest absolute Gasteiger partial charge is 0.433 e. The van der Waals surface area contributed by atoms with E-state index in [-0.39, 0.29) is 18.2 Å². The summed E-state index contributed by atoms with van der Waals surface area (Å²) in [6.45, 7) is 2.61. The summed E-state index contributed by atoms with van der Waals surface area (Å²) < 4.78 is 4.83. The molecule has 0 aromatic carbocycles. The Morgan fingerprint density at radius 3 is 2.95 bits per heavy atom. The molecule has 1 saturated heterocycles. The fourth-order valence-corrected chi connectivity index (χ4v) is 2.20. The molecule has 1 aromatic rings. The SMILES string of the molecule is Cl.O=C(NCCC1CCCNC1)c1ccc([N+](=O)[O-])o1. The lowest BCUT2D eigenvalue weighted by Crippen LogP contribution is -2.33. The zero-order chi connectivity index (χ0) is 13.7. The van der Waals surface area contributed by atoms with Crippen LogP contribution in [0.15, 0.2) is 16.5 Å². The maximum Gasteiger partial charge on any atom is 0.433 e. The number of rotatable bonds is 5. The highest BCUT2D eigenvalue weighted by Crippen LogP contribution is 2.16. The summed E-state index contributed by atoms with van der Waals surface area (Å²) >= 11 is 0. The molecule has 0 radical (unpaired) electrons. The topological polar surface area (TPSA) is 97.4 Å². The molecule has 112 valence electrons. The van der Waals surface area contributed by atoms with Gasteiger partial charge in [-0.05, 0) is 44.3 Å². The Bertz CT molecular complexity index is 457. The van der Waals surface area contributed by atoms with Gasteiger partial charge < -0.3 is 15.1 Å². The Morgan fingerprint density at radius 1 is 1.55 bits per heavy atom. The summed E-state index contributed by atoms with van der Waals surface area (Å²) in [5.74, 6) is -0.257. The number of nitrogens with zero attached hydrogens (tertiary/aromatic N) is 1. The Morgan fingerprint density at radius 2 is 2.35 bits per heavy atom. The van der Waals surface area contributed by atoms with Gasteiger partial charge in [0.1, 0.15) is 4.92 Å². The standard InChI is InChI=1S/C12H17N3O4.ClH/c16-12(10-3-4-11(19-10)15(17)18)14-7-5-9-2-1-6-13-8-9;/h3-4,9,13H,1-2,5-8H2,(H,14,16);1H. The van der Waals surface area contributed by atoms with Gasteiger partial charge in [0.15, 0.2) is 5.76 Å². The van der Waals surface area contributed by atoms with E-state index in [1.807, 2.05) is 0 Å². The summed E-state index contributed by atoms with van der Waals surface area (Å²) in [7, 11) is 0. The van der Waals surface area contributed by atoms with E-state index >= 15 is 0 Å². The lowest BCUT2D eigenvalue weighted by Gasteiger charge is -2.22. The molecule has 1 aliphatic rings. The number of hydrogen-bond donors (Lipinski definition) is 2. The summed E-state index contributed by atoms with van der Waals surface area (Å²) in [5.41, 5.74) is 0. The predicted molar refractivity (Wildman–Crippen MR) is 75.2 cm³/mol. The molecule has 20 heavy (non-hydrogen) atoms. The molecule has 1 atom stereocenters. The number of piperidine rings is 1. The number of carbonyl (C=O) groups is 1. The molecule has 2 heterocycles. The Balaban J connectivity index is 0.00000200. The molecule has 8 heteroatoms. The summed E-state index contributed by atoms with van der Waals surface area (Å²) in [4.78, 5) is 21.4. The molecule has 2 N–H and O–H groups in total. The van der Waals surface area contributed by atoms with Crippen molar-refractivity contribution in [1.29, 1.82) is 0 Å². The van der Waals surface area contributed by atoms with Crippen LogP contribution in [0.4, 0.5) is 5.88 Å². The first-order chi connectivity index (χ1) is 9.16. The summed E-state index contributed by atoms with van der Waals surface area (Å²) in [6, 6.07) is 2.50. The molecule has 0 aliphatic carbocycles. The Hall–Kier alpha value is -1.60. The van der Waals surface area contributed by atoms with Crippen molar-refractivity contribution in [3.05, 3.63) is 28.0 Å². The summed E-state index contributed by atoms with van der Waals surface area (Å²) in [6.07, 6.45) is 3.25. The van der Waals surface area contributed by atoms with Gasteiger partial charge in [-0.2, -0.15) is 0 Å². The van der Waals surface area contributed by atoms with E-state index in [2.05, 4.69) is 10.6 Å². The van der Waals surface area contributed by atoms with Crippen molar-refractivity contribution in [2.75, 3.05) is 19.6 Å². The van der Waals surface area contributed by atoms with Crippen LogP contribution in [0.3, 0.4) is 0 Å². The van der Waals surface area contributed by atoms with Crippen LogP contribution in [0.1, 0.15) is 29.8 Å². The number of nitro groups is 1. The van der Waals surface area contributed by atoms with Gasteiger partial charge >= 0.3 is 5.88 Å². The molecular formula is C12H18ClN3O4. The van der Waals surface area contributed by atoms with E-state index in [0.29, 0.717) is 12.5 Å². The van der Waals surface area contributed by atoms with Crippen molar-refractivity contribution in [2.45, 2.75) is 19.3 Å². The monoisotopic (exact) mass is 303 g/mol. The van der Waals surface area contributed by atoms with Crippen LogP contribution in [0, 0.1) is 16.0 Å². The Labute approximate surface area is 122 Å². The third-order valence-corrected chi connectivity index (χ3v) is 3.23. The fourth-order valence-electron chi connectivity index (χ4n) is 2.20. The maximum absolute atomic E-state index is 11.7. The molecule has 1 fully saturated rings. The quantitative estimate of drug-likeness (QED) is 0.637. The second-order valence-corrected chi connectivity index (χ2v) is 4.65. The molecule has 0 saturated carbocycles. The average molecular weight is 304 g/mol. The van der Waals surface area contributed by atoms with Gasteiger partial charge in [-0.15, -0.1) is 12.4 Å². The molecule has 0 spiro atoms. The van der Waals surface area contributed by atoms with Crippen molar-refractivity contribution >= 4 is 24.2 Å². The van der Waals surface area contributed by atoms with Gasteiger partial charge in [0.2, 0.25) is 0 Å². The summed E-state index contributed by atoms with van der Waals surface area (Å²) in [5, 5.41) is 16.5. The van der Waals surface area contributed by atoms with Gasteiger partial charge in [0.05, 0.1) is 6.07 Å². The molecule has 2 rings (SSSR count). The van der Waals surface area contributed by atoms with E-state index in [1.165, 1.54) is 25.0 Å². The maximum atomic E-state index is 11.7. The lowest BCUT2D eigenvalue weighted by atomic mass is 9.96. The third-order valence-electron chi connectivity index (χ3n) is 3.23. The minimum absolute atomic E-state index is 0. The number of amides is 1. The smallest absolute Gasteiger partial charge is 0.395 e. The van der Waals surface area contributed by atoms with Gasteiger partial charge in [-0.1, -0.05) is 0 Å². The van der Waals surface area contributed by atoms with E-state index in [9.17, 15) is 14.9 Å². The number of carbonyl (C=O) groups excluding carboxylic acids is 1. The van der Waals surface area contributed by atoms with Crippen molar-refractivity contribution in [3.8, 4) is 0 Å². The fraction of sp³-hybridized carbons (Fsp3) is 0.583. The van der Waals surface area contributed by atoms with Crippen LogP contribution in [-0.4, -0.2) is 30.5 Å². The van der Waals surface area contributed by atoms with Crippen molar-refractivity contribution in [2.24, 2.45) is 5.92 Å². The van der Waals surface area contributed by atoms with Crippen molar-refractivity contribution in [1.82, 2.24) is 10.6 Å². The number of halogens is 1. The minimum atomic E-state index is -0.662. The van der Waals surface area contributed by atoms with Crippen LogP contribution in [-0.2, 0) is 0 Å². The zero-order valence-electron chi connectivity index (χ0n) is 11.0. The van der Waals surface area contributed by atoms with Crippen molar-refractivity contribution in [3.63, 3.8) is 0 Å². The van der Waals surface area contributed by atoms with Crippen LogP contribution in [0.25, 0.3) is 0 Å². The highest BCUT2D eigenvalue weighted by Gasteiger charge is 2.18. The van der Waals surface area contributed by atoms with Crippen LogP contribution in [0.2, 0.25) is 0 Å². The molecule has 1 unspecified atom stereocenters. The third kappa shape index (κ3) is 4.50.